The van der Waals surface area contributed by atoms with Gasteiger partial charge >= 0.3 is 5.97 Å². The molecule has 0 radical (unpaired) electrons. The van der Waals surface area contributed by atoms with E-state index in [2.05, 4.69) is 24.1 Å². The third-order valence-electron chi connectivity index (χ3n) is 3.80. The quantitative estimate of drug-likeness (QED) is 0.732. The van der Waals surface area contributed by atoms with E-state index in [1.807, 2.05) is 13.8 Å². The monoisotopic (exact) mass is 272 g/mol. The first-order chi connectivity index (χ1) is 8.92. The van der Waals surface area contributed by atoms with Crippen LogP contribution < -0.4 is 5.32 Å². The Hall–Kier alpha value is -0.650. The number of carbonyl (C=O) groups is 1. The van der Waals surface area contributed by atoms with Crippen LogP contribution in [0.25, 0.3) is 0 Å². The molecular weight excluding hydrogens is 244 g/mol. The van der Waals surface area contributed by atoms with Crippen molar-refractivity contribution >= 4 is 5.97 Å². The number of nitrogens with one attached hydrogen (secondary N) is 1. The molecular formula is C14H28N2O3. The second kappa shape index (κ2) is 7.22. The molecule has 3 unspecified atom stereocenters. The minimum absolute atomic E-state index is 0.192. The SMILES string of the molecule is CCNC(C)(CC(C)N1CCOC(C)C1)C(=O)OC. The summed E-state index contributed by atoms with van der Waals surface area (Å²) in [5.41, 5.74) is -0.621. The fraction of sp³-hybridized carbons (Fsp3) is 0.929. The maximum Gasteiger partial charge on any atom is 0.325 e. The molecule has 1 aliphatic rings. The Morgan fingerprint density at radius 2 is 2.32 bits per heavy atom. The van der Waals surface area contributed by atoms with Crippen LogP contribution in [0, 0.1) is 0 Å². The van der Waals surface area contributed by atoms with Gasteiger partial charge in [0, 0.05) is 19.1 Å². The highest BCUT2D eigenvalue weighted by Gasteiger charge is 2.37. The van der Waals surface area contributed by atoms with E-state index in [4.69, 9.17) is 9.47 Å². The van der Waals surface area contributed by atoms with Gasteiger partial charge in [0.1, 0.15) is 5.54 Å². The predicted molar refractivity (Wildman–Crippen MR) is 75.2 cm³/mol. The van der Waals surface area contributed by atoms with Crippen LogP contribution in [0.4, 0.5) is 0 Å². The summed E-state index contributed by atoms with van der Waals surface area (Å²) in [5, 5.41) is 3.26. The number of ether oxygens (including phenoxy) is 2. The van der Waals surface area contributed by atoms with Gasteiger partial charge in [-0.3, -0.25) is 9.69 Å². The minimum atomic E-state index is -0.621. The van der Waals surface area contributed by atoms with Gasteiger partial charge in [0.25, 0.3) is 0 Å². The van der Waals surface area contributed by atoms with Crippen LogP contribution in [0.1, 0.15) is 34.1 Å². The van der Waals surface area contributed by atoms with E-state index in [1.165, 1.54) is 7.11 Å². The topological polar surface area (TPSA) is 50.8 Å². The number of hydrogen-bond acceptors (Lipinski definition) is 5. The molecule has 0 aromatic heterocycles. The van der Waals surface area contributed by atoms with Crippen LogP contribution in [0.3, 0.4) is 0 Å². The zero-order chi connectivity index (χ0) is 14.5. The molecule has 3 atom stereocenters. The number of morpholine rings is 1. The molecule has 0 spiro atoms. The second-order valence-corrected chi connectivity index (χ2v) is 5.58. The molecule has 1 N–H and O–H groups in total. The third kappa shape index (κ3) is 4.44. The number of nitrogens with zero attached hydrogens (tertiary/aromatic N) is 1. The van der Waals surface area contributed by atoms with Gasteiger partial charge in [-0.1, -0.05) is 6.92 Å². The van der Waals surface area contributed by atoms with Crippen LogP contribution in [0.15, 0.2) is 0 Å². The van der Waals surface area contributed by atoms with Crippen molar-refractivity contribution in [3.05, 3.63) is 0 Å². The molecule has 112 valence electrons. The van der Waals surface area contributed by atoms with Gasteiger partial charge in [-0.25, -0.2) is 0 Å². The predicted octanol–water partition coefficient (Wildman–Crippen LogP) is 1.03. The highest BCUT2D eigenvalue weighted by atomic mass is 16.5. The van der Waals surface area contributed by atoms with Crippen molar-refractivity contribution in [2.45, 2.75) is 51.8 Å². The van der Waals surface area contributed by atoms with Gasteiger partial charge in [0.2, 0.25) is 0 Å². The lowest BCUT2D eigenvalue weighted by atomic mass is 9.92. The molecule has 5 nitrogen and oxygen atoms in total. The van der Waals surface area contributed by atoms with Crippen molar-refractivity contribution in [3.63, 3.8) is 0 Å². The van der Waals surface area contributed by atoms with Crippen molar-refractivity contribution in [2.75, 3.05) is 33.4 Å². The number of carbonyl (C=O) groups excluding carboxylic acids is 1. The molecule has 5 heteroatoms. The number of hydrogen-bond donors (Lipinski definition) is 1. The van der Waals surface area contributed by atoms with E-state index in [9.17, 15) is 4.79 Å². The average Bonchev–Trinajstić information content (AvgIpc) is 2.37. The first-order valence-corrected chi connectivity index (χ1v) is 7.12. The molecule has 0 saturated carbocycles. The summed E-state index contributed by atoms with van der Waals surface area (Å²) < 4.78 is 10.5. The Balaban J connectivity index is 2.64. The molecule has 0 aromatic carbocycles. The lowest BCUT2D eigenvalue weighted by Gasteiger charge is -2.39. The van der Waals surface area contributed by atoms with E-state index in [1.54, 1.807) is 0 Å². The standard InChI is InChI=1S/C14H28N2O3/c1-6-15-14(4,13(17)18-5)9-11(2)16-7-8-19-12(3)10-16/h11-12,15H,6-10H2,1-5H3. The minimum Gasteiger partial charge on any atom is -0.468 e. The first kappa shape index (κ1) is 16.4. The van der Waals surface area contributed by atoms with Gasteiger partial charge in [-0.15, -0.1) is 0 Å². The Morgan fingerprint density at radius 1 is 1.63 bits per heavy atom. The normalized spacial score (nSPS) is 25.6. The average molecular weight is 272 g/mol. The summed E-state index contributed by atoms with van der Waals surface area (Å²) in [4.78, 5) is 14.4. The van der Waals surface area contributed by atoms with Crippen molar-refractivity contribution in [1.82, 2.24) is 10.2 Å². The molecule has 0 bridgehead atoms. The summed E-state index contributed by atoms with van der Waals surface area (Å²) >= 11 is 0. The Bertz CT molecular complexity index is 298. The van der Waals surface area contributed by atoms with Gasteiger partial charge in [0.05, 0.1) is 19.8 Å². The molecule has 0 amide bonds. The van der Waals surface area contributed by atoms with Crippen molar-refractivity contribution in [2.24, 2.45) is 0 Å². The van der Waals surface area contributed by atoms with Gasteiger partial charge in [0.15, 0.2) is 0 Å². The highest BCUT2D eigenvalue weighted by molar-refractivity contribution is 5.80. The zero-order valence-corrected chi connectivity index (χ0v) is 12.9. The van der Waals surface area contributed by atoms with Crippen LogP contribution in [-0.2, 0) is 14.3 Å². The summed E-state index contributed by atoms with van der Waals surface area (Å²) in [6.07, 6.45) is 1.000. The summed E-state index contributed by atoms with van der Waals surface area (Å²) in [6.45, 7) is 11.5. The maximum atomic E-state index is 12.0. The molecule has 1 saturated heterocycles. The van der Waals surface area contributed by atoms with Crippen molar-refractivity contribution < 1.29 is 14.3 Å². The van der Waals surface area contributed by atoms with Crippen molar-refractivity contribution in [1.29, 1.82) is 0 Å². The van der Waals surface area contributed by atoms with E-state index >= 15 is 0 Å². The highest BCUT2D eigenvalue weighted by Crippen LogP contribution is 2.20. The smallest absolute Gasteiger partial charge is 0.325 e. The number of esters is 1. The molecule has 1 fully saturated rings. The van der Waals surface area contributed by atoms with Gasteiger partial charge < -0.3 is 14.8 Å². The van der Waals surface area contributed by atoms with E-state index in [-0.39, 0.29) is 12.1 Å². The zero-order valence-electron chi connectivity index (χ0n) is 12.9. The summed E-state index contributed by atoms with van der Waals surface area (Å²) in [7, 11) is 1.44. The van der Waals surface area contributed by atoms with Crippen molar-refractivity contribution in [3.8, 4) is 0 Å². The number of rotatable bonds is 6. The summed E-state index contributed by atoms with van der Waals surface area (Å²) in [6, 6.07) is 0.314. The Kier molecular flexibility index (Phi) is 6.23. The third-order valence-corrected chi connectivity index (χ3v) is 3.80. The lowest BCUT2D eigenvalue weighted by molar-refractivity contribution is -0.149. The van der Waals surface area contributed by atoms with Crippen LogP contribution in [0.5, 0.6) is 0 Å². The van der Waals surface area contributed by atoms with E-state index in [0.717, 1.165) is 32.7 Å². The molecule has 1 rings (SSSR count). The molecule has 19 heavy (non-hydrogen) atoms. The van der Waals surface area contributed by atoms with E-state index < -0.39 is 5.54 Å². The largest absolute Gasteiger partial charge is 0.468 e. The van der Waals surface area contributed by atoms with Crippen LogP contribution in [-0.4, -0.2) is 61.9 Å². The molecule has 1 aliphatic heterocycles. The van der Waals surface area contributed by atoms with Gasteiger partial charge in [-0.05, 0) is 33.7 Å². The fourth-order valence-electron chi connectivity index (χ4n) is 2.81. The Morgan fingerprint density at radius 3 is 2.84 bits per heavy atom. The first-order valence-electron chi connectivity index (χ1n) is 7.12. The number of methoxy groups -OCH3 is 1. The second-order valence-electron chi connectivity index (χ2n) is 5.58. The molecule has 0 aromatic rings. The maximum absolute atomic E-state index is 12.0. The lowest BCUT2D eigenvalue weighted by Crippen LogP contribution is -2.55. The number of likely N-dealkylation sites (N-methyl/N-ethyl adjacent to an activating group) is 1. The van der Waals surface area contributed by atoms with Gasteiger partial charge in [-0.2, -0.15) is 0 Å². The summed E-state index contributed by atoms with van der Waals surface area (Å²) in [5.74, 6) is -0.192. The molecule has 1 heterocycles. The Labute approximate surface area is 116 Å². The van der Waals surface area contributed by atoms with E-state index in [0.29, 0.717) is 6.04 Å². The molecule has 0 aliphatic carbocycles. The van der Waals surface area contributed by atoms with Crippen LogP contribution >= 0.6 is 0 Å². The van der Waals surface area contributed by atoms with Crippen LogP contribution in [0.2, 0.25) is 0 Å². The fourth-order valence-corrected chi connectivity index (χ4v) is 2.81.